The number of hydrogen-bond donors (Lipinski definition) is 1. The van der Waals surface area contributed by atoms with Crippen LogP contribution in [0.15, 0.2) is 150 Å². The first kappa shape index (κ1) is 38.9. The number of unbranched alkanes of at least 4 members (excludes halogenated alkanes) is 6. The molecular weight excluding hydrogens is 785 g/mol. The Labute approximate surface area is 357 Å². The van der Waals surface area contributed by atoms with Crippen LogP contribution in [0.4, 0.5) is 0 Å². The number of phenols is 1. The first-order chi connectivity index (χ1) is 29.0. The molecular formula is C55H51BrN2O. The second-order valence-electron chi connectivity index (χ2n) is 16.4. The minimum absolute atomic E-state index is 0.132. The Morgan fingerprint density at radius 3 is 1.46 bits per heavy atom. The van der Waals surface area contributed by atoms with Crippen molar-refractivity contribution in [3.63, 3.8) is 0 Å². The molecule has 0 saturated carbocycles. The molecule has 0 bridgehead atoms. The average Bonchev–Trinajstić information content (AvgIpc) is 3.54. The lowest BCUT2D eigenvalue weighted by Crippen LogP contribution is -2.25. The summed E-state index contributed by atoms with van der Waals surface area (Å²) in [6.07, 6.45) is 12.0. The molecule has 2 heterocycles. The number of phenolic OH excluding ortho intramolecular Hbond substituents is 1. The molecule has 0 atom stereocenters. The number of rotatable bonds is 14. The maximum atomic E-state index is 10.5. The van der Waals surface area contributed by atoms with Gasteiger partial charge in [-0.15, -0.1) is 0 Å². The van der Waals surface area contributed by atoms with Crippen LogP contribution in [-0.2, 0) is 5.41 Å². The number of aromatic nitrogens is 2. The van der Waals surface area contributed by atoms with Crippen molar-refractivity contribution in [3.8, 4) is 61.6 Å². The normalized spacial score (nSPS) is 12.9. The largest absolute Gasteiger partial charge is 0.508 e. The van der Waals surface area contributed by atoms with Crippen molar-refractivity contribution in [2.45, 2.75) is 83.5 Å². The molecule has 2 aromatic heterocycles. The van der Waals surface area contributed by atoms with Gasteiger partial charge in [-0.1, -0.05) is 166 Å². The van der Waals surface area contributed by atoms with Crippen LogP contribution in [0.1, 0.15) is 89.2 Å². The van der Waals surface area contributed by atoms with E-state index in [9.17, 15) is 5.11 Å². The summed E-state index contributed by atoms with van der Waals surface area (Å²) in [5.74, 6) is 0.248. The van der Waals surface area contributed by atoms with Gasteiger partial charge in [0.2, 0.25) is 0 Å². The summed E-state index contributed by atoms with van der Waals surface area (Å²) in [7, 11) is 0. The van der Waals surface area contributed by atoms with Crippen LogP contribution in [0.5, 0.6) is 5.75 Å². The van der Waals surface area contributed by atoms with Crippen molar-refractivity contribution in [2.24, 2.45) is 0 Å². The van der Waals surface area contributed by atoms with Crippen molar-refractivity contribution in [1.82, 2.24) is 9.97 Å². The molecule has 0 aliphatic heterocycles. The van der Waals surface area contributed by atoms with Crippen LogP contribution in [0.2, 0.25) is 0 Å². The topological polar surface area (TPSA) is 46.0 Å². The van der Waals surface area contributed by atoms with Gasteiger partial charge in [0.1, 0.15) is 5.75 Å². The number of halogens is 1. The van der Waals surface area contributed by atoms with Gasteiger partial charge < -0.3 is 5.11 Å². The lowest BCUT2D eigenvalue weighted by molar-refractivity contribution is 0.401. The summed E-state index contributed by atoms with van der Waals surface area (Å²) >= 11 is 3.73. The Kier molecular flexibility index (Phi) is 11.2. The molecule has 0 unspecified atom stereocenters. The molecule has 0 radical (unpaired) electrons. The zero-order chi connectivity index (χ0) is 40.3. The number of nitrogens with zero attached hydrogens (tertiary/aromatic N) is 2. The molecule has 0 spiro atoms. The zero-order valence-corrected chi connectivity index (χ0v) is 35.7. The van der Waals surface area contributed by atoms with Gasteiger partial charge in [-0.05, 0) is 118 Å². The van der Waals surface area contributed by atoms with E-state index in [0.717, 1.165) is 72.8 Å². The van der Waals surface area contributed by atoms with Gasteiger partial charge in [-0.25, -0.2) is 9.97 Å². The minimum Gasteiger partial charge on any atom is -0.508 e. The molecule has 59 heavy (non-hydrogen) atoms. The summed E-state index contributed by atoms with van der Waals surface area (Å²) in [5, 5.41) is 12.6. The number of fused-ring (bicyclic) bond motifs is 5. The molecule has 6 aromatic carbocycles. The van der Waals surface area contributed by atoms with Crippen LogP contribution in [-0.4, -0.2) is 15.1 Å². The monoisotopic (exact) mass is 834 g/mol. The van der Waals surface area contributed by atoms with Crippen molar-refractivity contribution in [1.29, 1.82) is 0 Å². The van der Waals surface area contributed by atoms with Crippen molar-refractivity contribution < 1.29 is 5.11 Å². The van der Waals surface area contributed by atoms with Crippen LogP contribution in [0, 0.1) is 0 Å². The number of benzene rings is 6. The van der Waals surface area contributed by atoms with E-state index < -0.39 is 0 Å². The van der Waals surface area contributed by atoms with E-state index >= 15 is 0 Å². The molecule has 1 aliphatic rings. The number of pyridine rings is 2. The van der Waals surface area contributed by atoms with Crippen LogP contribution < -0.4 is 0 Å². The SMILES string of the molecule is CCCCCCC1(CCCCCC)c2cc(-c3cc(-c4ccccc4)c4cc(O)ccc4n3)ccc2-c2ccc(-c3cc(-c4ccccc4)c4cc(Br)ccc4n3)cc21. The highest BCUT2D eigenvalue weighted by molar-refractivity contribution is 9.10. The zero-order valence-electron chi connectivity index (χ0n) is 34.1. The van der Waals surface area contributed by atoms with Gasteiger partial charge in [0, 0.05) is 31.8 Å². The number of aromatic hydroxyl groups is 1. The quantitative estimate of drug-likeness (QED) is 0.111. The standard InChI is InChI=1S/C55H51BrN2O/c1-3-5-7-15-29-55(30-16-8-6-4-2)49-31-39(53-35-45(37-17-11-9-12-18-37)47-33-41(56)23-27-51(47)57-53)21-25-43(49)44-26-22-40(32-50(44)55)54-36-46(38-19-13-10-14-20-38)48-34-42(59)24-28-52(48)58-54/h9-14,17-28,31-36,59H,3-8,15-16,29-30H2,1-2H3. The van der Waals surface area contributed by atoms with Crippen LogP contribution >= 0.6 is 15.9 Å². The van der Waals surface area contributed by atoms with Crippen molar-refractivity contribution >= 4 is 37.7 Å². The van der Waals surface area contributed by atoms with Gasteiger partial charge in [0.15, 0.2) is 0 Å². The molecule has 294 valence electrons. The minimum atomic E-state index is -0.132. The van der Waals surface area contributed by atoms with E-state index in [4.69, 9.17) is 9.97 Å². The van der Waals surface area contributed by atoms with Crippen molar-refractivity contribution in [3.05, 3.63) is 161 Å². The highest BCUT2D eigenvalue weighted by Gasteiger charge is 2.43. The molecule has 0 amide bonds. The first-order valence-electron chi connectivity index (χ1n) is 21.6. The van der Waals surface area contributed by atoms with Gasteiger partial charge in [-0.2, -0.15) is 0 Å². The molecule has 4 heteroatoms. The van der Waals surface area contributed by atoms with E-state index in [1.165, 1.54) is 84.7 Å². The molecule has 3 nitrogen and oxygen atoms in total. The fourth-order valence-corrected chi connectivity index (χ4v) is 9.97. The maximum Gasteiger partial charge on any atom is 0.116 e. The molecule has 9 rings (SSSR count). The molecule has 8 aromatic rings. The summed E-state index contributed by atoms with van der Waals surface area (Å²) < 4.78 is 1.05. The Bertz CT molecular complexity index is 2580. The third-order valence-electron chi connectivity index (χ3n) is 12.6. The van der Waals surface area contributed by atoms with E-state index in [2.05, 4.69) is 151 Å². The first-order valence-corrected chi connectivity index (χ1v) is 22.4. The third kappa shape index (κ3) is 7.60. The van der Waals surface area contributed by atoms with E-state index in [1.807, 2.05) is 18.2 Å². The van der Waals surface area contributed by atoms with E-state index in [1.54, 1.807) is 6.07 Å². The Morgan fingerprint density at radius 2 is 0.949 bits per heavy atom. The van der Waals surface area contributed by atoms with Gasteiger partial charge in [0.05, 0.1) is 22.4 Å². The second-order valence-corrected chi connectivity index (χ2v) is 17.3. The molecule has 1 N–H and O–H groups in total. The fourth-order valence-electron chi connectivity index (χ4n) is 9.61. The second kappa shape index (κ2) is 17.0. The summed E-state index contributed by atoms with van der Waals surface area (Å²) in [6.45, 7) is 4.61. The van der Waals surface area contributed by atoms with Crippen LogP contribution in [0.3, 0.4) is 0 Å². The number of hydrogen-bond acceptors (Lipinski definition) is 3. The third-order valence-corrected chi connectivity index (χ3v) is 13.1. The maximum absolute atomic E-state index is 10.5. The van der Waals surface area contributed by atoms with Gasteiger partial charge in [-0.3, -0.25) is 0 Å². The summed E-state index contributed by atoms with van der Waals surface area (Å²) in [4.78, 5) is 10.6. The molecule has 1 aliphatic carbocycles. The molecule has 0 saturated heterocycles. The highest BCUT2D eigenvalue weighted by atomic mass is 79.9. The van der Waals surface area contributed by atoms with Crippen molar-refractivity contribution in [2.75, 3.05) is 0 Å². The smallest absolute Gasteiger partial charge is 0.116 e. The van der Waals surface area contributed by atoms with E-state index in [-0.39, 0.29) is 11.2 Å². The fraction of sp³-hybridized carbons (Fsp3) is 0.236. The Morgan fingerprint density at radius 1 is 0.458 bits per heavy atom. The Balaban J connectivity index is 1.22. The average molecular weight is 836 g/mol. The lowest BCUT2D eigenvalue weighted by atomic mass is 9.70. The van der Waals surface area contributed by atoms with Gasteiger partial charge >= 0.3 is 0 Å². The van der Waals surface area contributed by atoms with E-state index in [0.29, 0.717) is 0 Å². The van der Waals surface area contributed by atoms with Gasteiger partial charge in [0.25, 0.3) is 0 Å². The van der Waals surface area contributed by atoms with Crippen LogP contribution in [0.25, 0.3) is 77.7 Å². The summed E-state index contributed by atoms with van der Waals surface area (Å²) in [5.41, 5.74) is 16.1. The lowest BCUT2D eigenvalue weighted by Gasteiger charge is -2.33. The predicted octanol–water partition coefficient (Wildman–Crippen LogP) is 16.1. The summed E-state index contributed by atoms with van der Waals surface area (Å²) in [6, 6.07) is 52.0. The Hall–Kier alpha value is -5.58. The highest BCUT2D eigenvalue weighted by Crippen LogP contribution is 2.56. The predicted molar refractivity (Wildman–Crippen MR) is 252 cm³/mol. The molecule has 0 fully saturated rings.